The van der Waals surface area contributed by atoms with Crippen LogP contribution in [0.3, 0.4) is 0 Å². The molecule has 1 saturated heterocycles. The van der Waals surface area contributed by atoms with Crippen LogP contribution in [0.4, 0.5) is 11.4 Å². The summed E-state index contributed by atoms with van der Waals surface area (Å²) in [6.07, 6.45) is 4.12. The van der Waals surface area contributed by atoms with Crippen LogP contribution in [0.2, 0.25) is 0 Å². The van der Waals surface area contributed by atoms with Crippen molar-refractivity contribution in [2.45, 2.75) is 38.4 Å². The van der Waals surface area contributed by atoms with Gasteiger partial charge in [-0.05, 0) is 80.5 Å². The molecule has 2 N–H and O–H groups in total. The number of aromatic hydroxyl groups is 1. The fourth-order valence-electron chi connectivity index (χ4n) is 4.98. The average molecular weight is 457 g/mol. The van der Waals surface area contributed by atoms with Crippen molar-refractivity contribution in [2.24, 2.45) is 0 Å². The Labute approximate surface area is 200 Å². The van der Waals surface area contributed by atoms with Gasteiger partial charge in [-0.2, -0.15) is 0 Å². The lowest BCUT2D eigenvalue weighted by molar-refractivity contribution is 0.473. The quantitative estimate of drug-likeness (QED) is 0.501. The van der Waals surface area contributed by atoms with E-state index in [0.717, 1.165) is 11.3 Å². The third kappa shape index (κ3) is 3.55. The molecule has 1 fully saturated rings. The summed E-state index contributed by atoms with van der Waals surface area (Å²) in [5, 5.41) is 14.7. The number of nitrogens with one attached hydrogen (secondary N) is 1. The second kappa shape index (κ2) is 7.89. The molecule has 2 atom stereocenters. The van der Waals surface area contributed by atoms with Gasteiger partial charge in [-0.3, -0.25) is 4.98 Å². The van der Waals surface area contributed by atoms with Crippen molar-refractivity contribution < 1.29 is 5.11 Å². The van der Waals surface area contributed by atoms with Crippen molar-refractivity contribution in [1.82, 2.24) is 10.3 Å². The SMILES string of the molecule is CC1=CC(C)(C)N(C)c2ccc([C@H]3[C@H](c4ccccn4)NC(=S)N3c3ccccc3O)cc21. The first kappa shape index (κ1) is 21.5. The first-order valence-electron chi connectivity index (χ1n) is 11.1. The zero-order chi connectivity index (χ0) is 23.3. The smallest absolute Gasteiger partial charge is 0.174 e. The maximum Gasteiger partial charge on any atom is 0.174 e. The van der Waals surface area contributed by atoms with E-state index >= 15 is 0 Å². The minimum atomic E-state index is -0.168. The van der Waals surface area contributed by atoms with Crippen LogP contribution in [0.5, 0.6) is 5.75 Å². The molecule has 0 radical (unpaired) electrons. The zero-order valence-electron chi connectivity index (χ0n) is 19.3. The van der Waals surface area contributed by atoms with E-state index < -0.39 is 0 Å². The molecule has 0 unspecified atom stereocenters. The number of phenols is 1. The molecule has 6 heteroatoms. The number of anilines is 2. The van der Waals surface area contributed by atoms with Crippen LogP contribution < -0.4 is 15.1 Å². The van der Waals surface area contributed by atoms with Crippen molar-refractivity contribution in [3.8, 4) is 5.75 Å². The number of para-hydroxylation sites is 2. The molecule has 0 aliphatic carbocycles. The van der Waals surface area contributed by atoms with Crippen molar-refractivity contribution in [3.63, 3.8) is 0 Å². The molecular formula is C27H28N4OS. The molecule has 168 valence electrons. The summed E-state index contributed by atoms with van der Waals surface area (Å²) in [5.74, 6) is 0.198. The summed E-state index contributed by atoms with van der Waals surface area (Å²) < 4.78 is 0. The molecule has 5 nitrogen and oxygen atoms in total. The van der Waals surface area contributed by atoms with Gasteiger partial charge in [-0.15, -0.1) is 0 Å². The Hall–Kier alpha value is -3.38. The molecule has 5 rings (SSSR count). The number of benzene rings is 2. The molecule has 2 aliphatic rings. The highest BCUT2D eigenvalue weighted by Gasteiger charge is 2.42. The average Bonchev–Trinajstić information content (AvgIpc) is 3.15. The summed E-state index contributed by atoms with van der Waals surface area (Å²) in [7, 11) is 2.14. The number of rotatable bonds is 3. The lowest BCUT2D eigenvalue weighted by Crippen LogP contribution is -2.42. The number of phenolic OH excluding ortho intramolecular Hbond substituents is 1. The van der Waals surface area contributed by atoms with Crippen LogP contribution in [0.15, 0.2) is 72.9 Å². The Balaban J connectivity index is 1.67. The molecule has 2 aliphatic heterocycles. The van der Waals surface area contributed by atoms with Gasteiger partial charge < -0.3 is 20.2 Å². The summed E-state index contributed by atoms with van der Waals surface area (Å²) in [6.45, 7) is 6.62. The Morgan fingerprint density at radius 2 is 1.79 bits per heavy atom. The van der Waals surface area contributed by atoms with Gasteiger partial charge in [0.1, 0.15) is 5.75 Å². The van der Waals surface area contributed by atoms with E-state index in [1.807, 2.05) is 41.3 Å². The van der Waals surface area contributed by atoms with Gasteiger partial charge in [0, 0.05) is 24.5 Å². The molecule has 0 bridgehead atoms. The third-order valence-electron chi connectivity index (χ3n) is 6.82. The number of hydrogen-bond donors (Lipinski definition) is 2. The first-order chi connectivity index (χ1) is 15.8. The lowest BCUT2D eigenvalue weighted by atomic mass is 9.86. The number of nitrogens with zero attached hydrogens (tertiary/aromatic N) is 3. The second-order valence-electron chi connectivity index (χ2n) is 9.30. The van der Waals surface area contributed by atoms with Crippen LogP contribution in [0, 0.1) is 0 Å². The number of aromatic nitrogens is 1. The Bertz CT molecular complexity index is 1250. The van der Waals surface area contributed by atoms with Crippen LogP contribution in [0.25, 0.3) is 5.57 Å². The first-order valence-corrected chi connectivity index (χ1v) is 11.5. The van der Waals surface area contributed by atoms with E-state index in [4.69, 9.17) is 12.2 Å². The van der Waals surface area contributed by atoms with Crippen LogP contribution in [-0.2, 0) is 0 Å². The van der Waals surface area contributed by atoms with Crippen LogP contribution in [0.1, 0.15) is 49.7 Å². The number of thiocarbonyl (C=S) groups is 1. The summed E-state index contributed by atoms with van der Waals surface area (Å²) in [4.78, 5) is 8.95. The highest BCUT2D eigenvalue weighted by Crippen LogP contribution is 2.46. The van der Waals surface area contributed by atoms with E-state index in [2.05, 4.69) is 67.3 Å². The topological polar surface area (TPSA) is 51.6 Å². The van der Waals surface area contributed by atoms with Crippen molar-refractivity contribution >= 4 is 34.3 Å². The minimum absolute atomic E-state index is 0.0482. The number of likely N-dealkylation sites (N-methyl/N-ethyl adjacent to an activating group) is 1. The van der Waals surface area contributed by atoms with E-state index in [1.165, 1.54) is 16.8 Å². The van der Waals surface area contributed by atoms with Gasteiger partial charge in [-0.25, -0.2) is 0 Å². The van der Waals surface area contributed by atoms with E-state index in [0.29, 0.717) is 10.8 Å². The predicted molar refractivity (Wildman–Crippen MR) is 139 cm³/mol. The van der Waals surface area contributed by atoms with E-state index in [-0.39, 0.29) is 23.4 Å². The lowest BCUT2D eigenvalue weighted by Gasteiger charge is -2.41. The van der Waals surface area contributed by atoms with Gasteiger partial charge in [0.15, 0.2) is 5.11 Å². The summed E-state index contributed by atoms with van der Waals surface area (Å²) >= 11 is 5.79. The highest BCUT2D eigenvalue weighted by atomic mass is 32.1. The summed E-state index contributed by atoms with van der Waals surface area (Å²) in [5.41, 5.74) is 6.33. The van der Waals surface area contributed by atoms with Gasteiger partial charge >= 0.3 is 0 Å². The molecule has 3 heterocycles. The summed E-state index contributed by atoms with van der Waals surface area (Å²) in [6, 6.07) is 19.6. The molecule has 1 aromatic heterocycles. The number of fused-ring (bicyclic) bond motifs is 1. The minimum Gasteiger partial charge on any atom is -0.506 e. The molecule has 3 aromatic rings. The van der Waals surface area contributed by atoms with Gasteiger partial charge in [0.2, 0.25) is 0 Å². The number of pyridine rings is 1. The van der Waals surface area contributed by atoms with Crippen LogP contribution >= 0.6 is 12.2 Å². The normalized spacial score (nSPS) is 21.5. The molecule has 2 aromatic carbocycles. The molecule has 0 amide bonds. The Morgan fingerprint density at radius 1 is 1.03 bits per heavy atom. The fourth-order valence-corrected chi connectivity index (χ4v) is 5.32. The van der Waals surface area contributed by atoms with Gasteiger partial charge in [0.25, 0.3) is 0 Å². The maximum absolute atomic E-state index is 10.7. The van der Waals surface area contributed by atoms with Crippen molar-refractivity contribution in [1.29, 1.82) is 0 Å². The number of allylic oxidation sites excluding steroid dienone is 1. The zero-order valence-corrected chi connectivity index (χ0v) is 20.1. The monoisotopic (exact) mass is 456 g/mol. The van der Waals surface area contributed by atoms with Crippen LogP contribution in [-0.4, -0.2) is 27.8 Å². The maximum atomic E-state index is 10.7. The number of hydrogen-bond acceptors (Lipinski definition) is 4. The van der Waals surface area contributed by atoms with E-state index in [1.54, 1.807) is 12.3 Å². The second-order valence-corrected chi connectivity index (χ2v) is 9.69. The van der Waals surface area contributed by atoms with Gasteiger partial charge in [-0.1, -0.05) is 30.3 Å². The fraction of sp³-hybridized carbons (Fsp3) is 0.259. The molecule has 0 saturated carbocycles. The van der Waals surface area contributed by atoms with Gasteiger partial charge in [0.05, 0.1) is 29.0 Å². The van der Waals surface area contributed by atoms with E-state index in [9.17, 15) is 5.11 Å². The molecule has 33 heavy (non-hydrogen) atoms. The Morgan fingerprint density at radius 3 is 2.52 bits per heavy atom. The largest absolute Gasteiger partial charge is 0.506 e. The van der Waals surface area contributed by atoms with Crippen molar-refractivity contribution in [3.05, 3.63) is 89.8 Å². The molecule has 0 spiro atoms. The highest BCUT2D eigenvalue weighted by molar-refractivity contribution is 7.80. The molecular weight excluding hydrogens is 428 g/mol. The predicted octanol–water partition coefficient (Wildman–Crippen LogP) is 5.60. The van der Waals surface area contributed by atoms with Crippen molar-refractivity contribution in [2.75, 3.05) is 16.8 Å². The Kier molecular flexibility index (Phi) is 5.13. The standard InChI is InChI=1S/C27H28N4OS/c1-17-16-27(2,3)30(4)21-13-12-18(15-19(17)21)25-24(20-9-7-8-14-28-20)29-26(33)31(25)22-10-5-6-11-23(22)32/h5-16,24-25,32H,1-4H3,(H,29,33)/t24-,25-/m0/s1. The third-order valence-corrected chi connectivity index (χ3v) is 7.14.